The number of rotatable bonds is 4. The number of hydrogen-bond donors (Lipinski definition) is 3. The van der Waals surface area contributed by atoms with Gasteiger partial charge < -0.3 is 16.0 Å². The van der Waals surface area contributed by atoms with E-state index in [1.54, 1.807) is 0 Å². The van der Waals surface area contributed by atoms with Crippen LogP contribution in [0, 0.1) is 0 Å². The van der Waals surface area contributed by atoms with Crippen molar-refractivity contribution in [3.05, 3.63) is 36.7 Å². The molecule has 1 aromatic heterocycles. The molecular weight excluding hydrogens is 214 g/mol. The van der Waals surface area contributed by atoms with E-state index in [1.165, 1.54) is 6.33 Å². The second-order valence-electron chi connectivity index (χ2n) is 3.49. The van der Waals surface area contributed by atoms with Crippen molar-refractivity contribution in [3.8, 4) is 0 Å². The molecule has 0 aliphatic carbocycles. The predicted octanol–water partition coefficient (Wildman–Crippen LogP) is 2.30. The lowest BCUT2D eigenvalue weighted by Gasteiger charge is -2.08. The summed E-state index contributed by atoms with van der Waals surface area (Å²) in [5.41, 5.74) is 2.04. The maximum Gasteiger partial charge on any atom is 0.135 e. The highest BCUT2D eigenvalue weighted by Gasteiger charge is 1.98. The molecule has 0 aliphatic heterocycles. The predicted molar refractivity (Wildman–Crippen MR) is 70.9 cm³/mol. The average Bonchev–Trinajstić information content (AvgIpc) is 2.39. The molecule has 5 heteroatoms. The van der Waals surface area contributed by atoms with Gasteiger partial charge in [0.1, 0.15) is 18.0 Å². The molecule has 5 nitrogen and oxygen atoms in total. The van der Waals surface area contributed by atoms with Crippen molar-refractivity contribution in [1.29, 1.82) is 0 Å². The number of anilines is 4. The van der Waals surface area contributed by atoms with E-state index in [-0.39, 0.29) is 0 Å². The fourth-order valence-electron chi connectivity index (χ4n) is 1.46. The number of benzene rings is 1. The maximum atomic E-state index is 4.16. The van der Waals surface area contributed by atoms with Crippen molar-refractivity contribution in [2.24, 2.45) is 0 Å². The fourth-order valence-corrected chi connectivity index (χ4v) is 1.46. The molecule has 1 aromatic carbocycles. The summed E-state index contributed by atoms with van der Waals surface area (Å²) in [7, 11) is 3.72. The quantitative estimate of drug-likeness (QED) is 0.751. The van der Waals surface area contributed by atoms with Gasteiger partial charge in [-0.3, -0.25) is 0 Å². The van der Waals surface area contributed by atoms with E-state index in [1.807, 2.05) is 44.4 Å². The van der Waals surface area contributed by atoms with E-state index in [0.29, 0.717) is 0 Å². The van der Waals surface area contributed by atoms with Crippen LogP contribution in [0.4, 0.5) is 23.0 Å². The van der Waals surface area contributed by atoms with Crippen LogP contribution >= 0.6 is 0 Å². The molecule has 17 heavy (non-hydrogen) atoms. The minimum absolute atomic E-state index is 0.762. The zero-order valence-corrected chi connectivity index (χ0v) is 9.86. The Balaban J connectivity index is 2.18. The van der Waals surface area contributed by atoms with Gasteiger partial charge in [0.2, 0.25) is 0 Å². The molecule has 0 unspecified atom stereocenters. The summed E-state index contributed by atoms with van der Waals surface area (Å²) in [5.74, 6) is 1.55. The molecule has 0 saturated heterocycles. The second kappa shape index (κ2) is 5.16. The summed E-state index contributed by atoms with van der Waals surface area (Å²) in [6.45, 7) is 0. The minimum Gasteiger partial charge on any atom is -0.388 e. The molecule has 0 fully saturated rings. The number of nitrogens with zero attached hydrogens (tertiary/aromatic N) is 2. The van der Waals surface area contributed by atoms with Gasteiger partial charge >= 0.3 is 0 Å². The largest absolute Gasteiger partial charge is 0.388 e. The van der Waals surface area contributed by atoms with Crippen LogP contribution in [0.15, 0.2) is 36.7 Å². The van der Waals surface area contributed by atoms with Gasteiger partial charge in [-0.15, -0.1) is 0 Å². The highest BCUT2D eigenvalue weighted by atomic mass is 15.1. The van der Waals surface area contributed by atoms with Crippen LogP contribution in [0.25, 0.3) is 0 Å². The monoisotopic (exact) mass is 229 g/mol. The topological polar surface area (TPSA) is 61.9 Å². The average molecular weight is 229 g/mol. The van der Waals surface area contributed by atoms with Crippen LogP contribution in [-0.2, 0) is 0 Å². The summed E-state index contributed by atoms with van der Waals surface area (Å²) in [4.78, 5) is 8.21. The first-order valence-electron chi connectivity index (χ1n) is 5.36. The third kappa shape index (κ3) is 2.84. The lowest BCUT2D eigenvalue weighted by molar-refractivity contribution is 1.16. The lowest BCUT2D eigenvalue weighted by Crippen LogP contribution is -1.98. The first kappa shape index (κ1) is 11.2. The lowest BCUT2D eigenvalue weighted by atomic mass is 10.3. The molecule has 0 radical (unpaired) electrons. The van der Waals surface area contributed by atoms with Gasteiger partial charge in [0.05, 0.1) is 0 Å². The number of nitrogens with one attached hydrogen (secondary N) is 3. The van der Waals surface area contributed by atoms with Crippen molar-refractivity contribution in [2.75, 3.05) is 30.0 Å². The maximum absolute atomic E-state index is 4.16. The summed E-state index contributed by atoms with van der Waals surface area (Å²) >= 11 is 0. The molecule has 0 saturated carbocycles. The summed E-state index contributed by atoms with van der Waals surface area (Å²) in [6.07, 6.45) is 1.52. The van der Waals surface area contributed by atoms with E-state index in [2.05, 4.69) is 25.9 Å². The molecule has 0 amide bonds. The van der Waals surface area contributed by atoms with Crippen molar-refractivity contribution < 1.29 is 0 Å². The van der Waals surface area contributed by atoms with E-state index < -0.39 is 0 Å². The van der Waals surface area contributed by atoms with Crippen molar-refractivity contribution >= 4 is 23.0 Å². The van der Waals surface area contributed by atoms with Gasteiger partial charge in [0, 0.05) is 31.5 Å². The van der Waals surface area contributed by atoms with Gasteiger partial charge in [-0.1, -0.05) is 6.07 Å². The first-order valence-corrected chi connectivity index (χ1v) is 5.36. The van der Waals surface area contributed by atoms with Gasteiger partial charge in [0.15, 0.2) is 0 Å². The molecule has 2 aromatic rings. The first-order chi connectivity index (χ1) is 8.31. The zero-order valence-electron chi connectivity index (χ0n) is 9.86. The zero-order chi connectivity index (χ0) is 12.1. The molecule has 0 aliphatic rings. The minimum atomic E-state index is 0.762. The normalized spacial score (nSPS) is 9.76. The summed E-state index contributed by atoms with van der Waals surface area (Å²) in [6, 6.07) is 9.84. The molecule has 88 valence electrons. The second-order valence-corrected chi connectivity index (χ2v) is 3.49. The van der Waals surface area contributed by atoms with Crippen LogP contribution in [0.3, 0.4) is 0 Å². The molecular formula is C12H15N5. The Morgan fingerprint density at radius 3 is 2.41 bits per heavy atom. The highest BCUT2D eigenvalue weighted by Crippen LogP contribution is 2.19. The van der Waals surface area contributed by atoms with Gasteiger partial charge in [-0.2, -0.15) is 0 Å². The molecule has 0 bridgehead atoms. The third-order valence-electron chi connectivity index (χ3n) is 2.35. The SMILES string of the molecule is CNc1cccc(Nc2cc(NC)ncn2)c1. The van der Waals surface area contributed by atoms with Crippen LogP contribution in [0.5, 0.6) is 0 Å². The Morgan fingerprint density at radius 2 is 1.65 bits per heavy atom. The Morgan fingerprint density at radius 1 is 0.882 bits per heavy atom. The van der Waals surface area contributed by atoms with E-state index in [9.17, 15) is 0 Å². The molecule has 2 rings (SSSR count). The van der Waals surface area contributed by atoms with Gasteiger partial charge in [0.25, 0.3) is 0 Å². The van der Waals surface area contributed by atoms with E-state index in [0.717, 1.165) is 23.0 Å². The van der Waals surface area contributed by atoms with Crippen LogP contribution in [0.1, 0.15) is 0 Å². The Hall–Kier alpha value is -2.30. The van der Waals surface area contributed by atoms with Crippen LogP contribution < -0.4 is 16.0 Å². The van der Waals surface area contributed by atoms with Crippen molar-refractivity contribution in [3.63, 3.8) is 0 Å². The van der Waals surface area contributed by atoms with Crippen molar-refractivity contribution in [2.45, 2.75) is 0 Å². The Labute approximate surface area is 100 Å². The number of hydrogen-bond acceptors (Lipinski definition) is 5. The van der Waals surface area contributed by atoms with E-state index in [4.69, 9.17) is 0 Å². The smallest absolute Gasteiger partial charge is 0.135 e. The van der Waals surface area contributed by atoms with Crippen molar-refractivity contribution in [1.82, 2.24) is 9.97 Å². The third-order valence-corrected chi connectivity index (χ3v) is 2.35. The molecule has 1 heterocycles. The Bertz CT molecular complexity index is 452. The van der Waals surface area contributed by atoms with E-state index >= 15 is 0 Å². The summed E-state index contributed by atoms with van der Waals surface area (Å²) in [5, 5.41) is 9.29. The van der Waals surface area contributed by atoms with Crippen LogP contribution in [-0.4, -0.2) is 24.1 Å². The fraction of sp³-hybridized carbons (Fsp3) is 0.167. The Kier molecular flexibility index (Phi) is 3.40. The van der Waals surface area contributed by atoms with Gasteiger partial charge in [-0.25, -0.2) is 9.97 Å². The number of aromatic nitrogens is 2. The van der Waals surface area contributed by atoms with Crippen LogP contribution in [0.2, 0.25) is 0 Å². The van der Waals surface area contributed by atoms with Gasteiger partial charge in [-0.05, 0) is 18.2 Å². The molecule has 0 spiro atoms. The molecule has 3 N–H and O–H groups in total. The highest BCUT2D eigenvalue weighted by molar-refractivity contribution is 5.63. The summed E-state index contributed by atoms with van der Waals surface area (Å²) < 4.78 is 0. The standard InChI is InChI=1S/C12H15N5/c1-13-9-4-3-5-10(6-9)17-12-7-11(14-2)15-8-16-12/h3-8,13H,1-2H3,(H2,14,15,16,17). The molecule has 0 atom stereocenters.